The molecule has 0 bridgehead atoms. The average Bonchev–Trinajstić information content (AvgIpc) is 3.48. The van der Waals surface area contributed by atoms with E-state index in [0.717, 1.165) is 31.0 Å². The molecule has 2 aliphatic heterocycles. The van der Waals surface area contributed by atoms with Crippen molar-refractivity contribution in [3.63, 3.8) is 0 Å². The average molecular weight is 402 g/mol. The Kier molecular flexibility index (Phi) is 5.90. The fourth-order valence-corrected chi connectivity index (χ4v) is 4.28. The van der Waals surface area contributed by atoms with Crippen molar-refractivity contribution >= 4 is 18.5 Å². The maximum atomic E-state index is 9.41. The van der Waals surface area contributed by atoms with E-state index >= 15 is 0 Å². The highest BCUT2D eigenvalue weighted by molar-refractivity contribution is 6.61. The Morgan fingerprint density at radius 1 is 1.10 bits per heavy atom. The molecule has 1 aliphatic carbocycles. The Bertz CT molecular complexity index is 678. The van der Waals surface area contributed by atoms with Gasteiger partial charge in [0.1, 0.15) is 0 Å². The maximum Gasteiger partial charge on any atom is 0.498 e. The molecule has 0 amide bonds. The molecule has 0 aromatic carbocycles. The van der Waals surface area contributed by atoms with Crippen molar-refractivity contribution in [2.24, 2.45) is 0 Å². The van der Waals surface area contributed by atoms with Gasteiger partial charge in [0.2, 0.25) is 5.95 Å². The lowest BCUT2D eigenvalue weighted by atomic mass is 9.81. The molecule has 2 saturated heterocycles. The summed E-state index contributed by atoms with van der Waals surface area (Å²) in [6.07, 6.45) is 9.77. The lowest BCUT2D eigenvalue weighted by Gasteiger charge is -2.38. The first-order chi connectivity index (χ1) is 13.8. The number of rotatable bonds is 7. The van der Waals surface area contributed by atoms with Crippen molar-refractivity contribution in [2.75, 3.05) is 31.1 Å². The topological polar surface area (TPSA) is 71.0 Å². The number of aromatic nitrogens is 2. The summed E-state index contributed by atoms with van der Waals surface area (Å²) in [4.78, 5) is 14.2. The summed E-state index contributed by atoms with van der Waals surface area (Å²) in [5.41, 5.74) is 0.129. The fraction of sp³-hybridized carbons (Fsp3) is 0.810. The van der Waals surface area contributed by atoms with Crippen molar-refractivity contribution in [1.29, 1.82) is 0 Å². The van der Waals surface area contributed by atoms with Crippen molar-refractivity contribution in [3.8, 4) is 0 Å². The summed E-state index contributed by atoms with van der Waals surface area (Å²) >= 11 is 0. The van der Waals surface area contributed by atoms with E-state index in [2.05, 4.69) is 37.5 Å². The van der Waals surface area contributed by atoms with Crippen LogP contribution in [-0.2, 0) is 9.31 Å². The smallest absolute Gasteiger partial charge is 0.399 e. The Labute approximate surface area is 174 Å². The third-order valence-electron chi connectivity index (χ3n) is 6.97. The van der Waals surface area contributed by atoms with Crippen LogP contribution in [-0.4, -0.2) is 76.6 Å². The molecule has 7 nitrogen and oxygen atoms in total. The largest absolute Gasteiger partial charge is 0.498 e. The monoisotopic (exact) mass is 402 g/mol. The van der Waals surface area contributed by atoms with E-state index in [0.29, 0.717) is 12.1 Å². The molecule has 1 N–H and O–H groups in total. The first-order valence-corrected chi connectivity index (χ1v) is 11.1. The number of hydrogen-bond donors (Lipinski definition) is 1. The van der Waals surface area contributed by atoms with Crippen LogP contribution in [0.3, 0.4) is 0 Å². The molecule has 1 aromatic rings. The molecule has 29 heavy (non-hydrogen) atoms. The van der Waals surface area contributed by atoms with Crippen LogP contribution in [0, 0.1) is 0 Å². The van der Waals surface area contributed by atoms with Crippen LogP contribution in [0.5, 0.6) is 0 Å². The van der Waals surface area contributed by atoms with Crippen molar-refractivity contribution in [1.82, 2.24) is 14.9 Å². The Morgan fingerprint density at radius 2 is 1.76 bits per heavy atom. The first-order valence-electron chi connectivity index (χ1n) is 11.1. The second kappa shape index (κ2) is 8.14. The van der Waals surface area contributed by atoms with Crippen LogP contribution in [0.15, 0.2) is 12.4 Å². The van der Waals surface area contributed by atoms with Crippen LogP contribution in [0.1, 0.15) is 59.8 Å². The van der Waals surface area contributed by atoms with E-state index in [1.54, 1.807) is 0 Å². The van der Waals surface area contributed by atoms with E-state index < -0.39 is 7.12 Å². The van der Waals surface area contributed by atoms with Gasteiger partial charge in [0, 0.05) is 43.0 Å². The SMILES string of the molecule is CC1(C)OB(c2cnc(N(C[C@@H]3CCCCN3CCO)C3CC3)nc2)OC1(C)C. The number of anilines is 1. The maximum absolute atomic E-state index is 9.41. The molecule has 4 rings (SSSR count). The van der Waals surface area contributed by atoms with Gasteiger partial charge in [-0.25, -0.2) is 9.97 Å². The zero-order chi connectivity index (χ0) is 20.6. The third-order valence-corrected chi connectivity index (χ3v) is 6.97. The van der Waals surface area contributed by atoms with Crippen LogP contribution >= 0.6 is 0 Å². The molecular formula is C21H35BN4O3. The van der Waals surface area contributed by atoms with Gasteiger partial charge in [0.05, 0.1) is 17.8 Å². The van der Waals surface area contributed by atoms with Gasteiger partial charge in [0.25, 0.3) is 0 Å². The van der Waals surface area contributed by atoms with Crippen LogP contribution in [0.4, 0.5) is 5.95 Å². The highest BCUT2D eigenvalue weighted by atomic mass is 16.7. The molecule has 0 radical (unpaired) electrons. The summed E-state index contributed by atoms with van der Waals surface area (Å²) in [5.74, 6) is 0.794. The van der Waals surface area contributed by atoms with Gasteiger partial charge in [-0.3, -0.25) is 4.90 Å². The number of aliphatic hydroxyl groups is 1. The zero-order valence-corrected chi connectivity index (χ0v) is 18.3. The predicted octanol–water partition coefficient (Wildman–Crippen LogP) is 1.59. The summed E-state index contributed by atoms with van der Waals surface area (Å²) < 4.78 is 12.3. The van der Waals surface area contributed by atoms with Gasteiger partial charge in [-0.05, 0) is 59.9 Å². The van der Waals surface area contributed by atoms with Crippen LogP contribution < -0.4 is 10.4 Å². The molecule has 8 heteroatoms. The minimum absolute atomic E-state index is 0.221. The summed E-state index contributed by atoms with van der Waals surface area (Å²) in [6, 6.07) is 0.999. The minimum atomic E-state index is -0.429. The second-order valence-electron chi connectivity index (χ2n) is 9.70. The predicted molar refractivity (Wildman–Crippen MR) is 114 cm³/mol. The van der Waals surface area contributed by atoms with Gasteiger partial charge < -0.3 is 19.3 Å². The van der Waals surface area contributed by atoms with Gasteiger partial charge in [-0.2, -0.15) is 0 Å². The van der Waals surface area contributed by atoms with E-state index in [-0.39, 0.29) is 17.8 Å². The number of nitrogens with zero attached hydrogens (tertiary/aromatic N) is 4. The Morgan fingerprint density at radius 3 is 2.34 bits per heavy atom. The highest BCUT2D eigenvalue weighted by Crippen LogP contribution is 2.36. The van der Waals surface area contributed by atoms with E-state index in [1.807, 2.05) is 12.4 Å². The molecule has 1 atom stereocenters. The quantitative estimate of drug-likeness (QED) is 0.695. The molecule has 0 spiro atoms. The van der Waals surface area contributed by atoms with Crippen molar-refractivity contribution in [3.05, 3.63) is 12.4 Å². The standard InChI is InChI=1S/C21H35BN4O3/c1-20(2)21(3,4)29-22(28-20)16-13-23-19(24-14-16)26(17-8-9-17)15-18-7-5-6-10-25(18)11-12-27/h13-14,17-18,27H,5-12,15H2,1-4H3/t18-/m0/s1. The summed E-state index contributed by atoms with van der Waals surface area (Å²) in [6.45, 7) is 11.2. The van der Waals surface area contributed by atoms with Crippen molar-refractivity contribution in [2.45, 2.75) is 83.1 Å². The van der Waals surface area contributed by atoms with Gasteiger partial charge in [0.15, 0.2) is 0 Å². The normalized spacial score (nSPS) is 26.7. The number of likely N-dealkylation sites (tertiary alicyclic amines) is 1. The molecule has 1 saturated carbocycles. The Balaban J connectivity index is 1.46. The molecule has 3 fully saturated rings. The first kappa shape index (κ1) is 21.0. The van der Waals surface area contributed by atoms with E-state index in [9.17, 15) is 5.11 Å². The highest BCUT2D eigenvalue weighted by Gasteiger charge is 2.52. The molecule has 0 unspecified atom stereocenters. The van der Waals surface area contributed by atoms with E-state index in [1.165, 1.54) is 32.1 Å². The minimum Gasteiger partial charge on any atom is -0.399 e. The lowest BCUT2D eigenvalue weighted by Crippen LogP contribution is -2.49. The second-order valence-corrected chi connectivity index (χ2v) is 9.70. The fourth-order valence-electron chi connectivity index (χ4n) is 4.28. The summed E-state index contributed by atoms with van der Waals surface area (Å²) in [7, 11) is -0.429. The molecule has 1 aromatic heterocycles. The zero-order valence-electron chi connectivity index (χ0n) is 18.3. The van der Waals surface area contributed by atoms with E-state index in [4.69, 9.17) is 19.3 Å². The van der Waals surface area contributed by atoms with Gasteiger partial charge >= 0.3 is 7.12 Å². The molecule has 3 heterocycles. The Hall–Kier alpha value is -1.22. The van der Waals surface area contributed by atoms with Crippen LogP contribution in [0.2, 0.25) is 0 Å². The number of piperidine rings is 1. The number of β-amino-alcohol motifs (C(OH)–C–C–N with tert-alkyl or cyclic N) is 1. The van der Waals surface area contributed by atoms with Crippen molar-refractivity contribution < 1.29 is 14.4 Å². The lowest BCUT2D eigenvalue weighted by molar-refractivity contribution is 0.00578. The number of hydrogen-bond acceptors (Lipinski definition) is 7. The molecular weight excluding hydrogens is 367 g/mol. The van der Waals surface area contributed by atoms with Gasteiger partial charge in [-0.15, -0.1) is 0 Å². The summed E-state index contributed by atoms with van der Waals surface area (Å²) in [5, 5.41) is 9.41. The third kappa shape index (κ3) is 4.45. The number of aliphatic hydroxyl groups excluding tert-OH is 1. The molecule has 160 valence electrons. The van der Waals surface area contributed by atoms with Crippen LogP contribution in [0.25, 0.3) is 0 Å². The molecule has 3 aliphatic rings. The van der Waals surface area contributed by atoms with Gasteiger partial charge in [-0.1, -0.05) is 6.42 Å².